The molecule has 2 aromatic heterocycles. The minimum Gasteiger partial charge on any atom is -0.494 e. The van der Waals surface area contributed by atoms with E-state index in [1.165, 1.54) is 11.1 Å². The van der Waals surface area contributed by atoms with Gasteiger partial charge in [0, 0.05) is 54.5 Å². The van der Waals surface area contributed by atoms with Crippen molar-refractivity contribution in [2.45, 2.75) is 47.1 Å². The molecule has 0 bridgehead atoms. The molecule has 0 aliphatic carbocycles. The largest absolute Gasteiger partial charge is 0.494 e. The first kappa shape index (κ1) is 24.8. The van der Waals surface area contributed by atoms with Crippen molar-refractivity contribution in [1.29, 1.82) is 0 Å². The molecule has 0 radical (unpaired) electrons. The van der Waals surface area contributed by atoms with E-state index in [1.807, 2.05) is 42.6 Å². The molecule has 4 aromatic rings. The van der Waals surface area contributed by atoms with Crippen LogP contribution in [0.15, 0.2) is 54.6 Å². The van der Waals surface area contributed by atoms with Crippen LogP contribution in [-0.4, -0.2) is 40.2 Å². The maximum absolute atomic E-state index is 13.0. The van der Waals surface area contributed by atoms with Gasteiger partial charge in [0.05, 0.1) is 12.3 Å². The molecule has 1 fully saturated rings. The zero-order valence-corrected chi connectivity index (χ0v) is 22.1. The number of hydrogen-bond donors (Lipinski definition) is 1. The van der Waals surface area contributed by atoms with Crippen LogP contribution in [-0.2, 0) is 11.3 Å². The molecule has 0 saturated carbocycles. The molecule has 2 aromatic carbocycles. The Morgan fingerprint density at radius 2 is 1.76 bits per heavy atom. The first-order valence-corrected chi connectivity index (χ1v) is 13.1. The predicted octanol–water partition coefficient (Wildman–Crippen LogP) is 5.25. The Hall–Kier alpha value is -3.87. The van der Waals surface area contributed by atoms with Crippen LogP contribution >= 0.6 is 0 Å². The molecule has 1 aliphatic rings. The van der Waals surface area contributed by atoms with Gasteiger partial charge in [-0.3, -0.25) is 4.79 Å². The number of para-hydroxylation sites is 1. The fraction of sp³-hybridized carbons (Fsp3) is 0.367. The van der Waals surface area contributed by atoms with Crippen molar-refractivity contribution in [3.05, 3.63) is 77.0 Å². The number of carbonyl (C=O) groups excluding carboxylic acids is 1. The van der Waals surface area contributed by atoms with Gasteiger partial charge >= 0.3 is 0 Å². The van der Waals surface area contributed by atoms with Gasteiger partial charge in [-0.25, -0.2) is 4.98 Å². The van der Waals surface area contributed by atoms with Crippen molar-refractivity contribution < 1.29 is 9.53 Å². The second-order valence-corrected chi connectivity index (χ2v) is 9.95. The zero-order valence-electron chi connectivity index (χ0n) is 22.1. The van der Waals surface area contributed by atoms with Crippen molar-refractivity contribution in [2.24, 2.45) is 5.92 Å². The number of aromatic nitrogens is 3. The summed E-state index contributed by atoms with van der Waals surface area (Å²) in [6.07, 6.45) is 1.60. The van der Waals surface area contributed by atoms with Crippen LogP contribution in [0.25, 0.3) is 16.9 Å². The summed E-state index contributed by atoms with van der Waals surface area (Å²) in [5, 5.41) is 8.07. The van der Waals surface area contributed by atoms with Gasteiger partial charge in [0.2, 0.25) is 5.91 Å². The van der Waals surface area contributed by atoms with Gasteiger partial charge < -0.3 is 15.0 Å². The second kappa shape index (κ2) is 10.6. The maximum atomic E-state index is 13.0. The van der Waals surface area contributed by atoms with Crippen LogP contribution in [0.3, 0.4) is 0 Å². The molecule has 1 amide bonds. The number of aryl methyl sites for hydroxylation is 3. The number of benzene rings is 2. The third-order valence-electron chi connectivity index (χ3n) is 6.97. The van der Waals surface area contributed by atoms with Gasteiger partial charge in [0.25, 0.3) is 0 Å². The first-order chi connectivity index (χ1) is 17.9. The van der Waals surface area contributed by atoms with E-state index < -0.39 is 0 Å². The van der Waals surface area contributed by atoms with E-state index in [0.29, 0.717) is 13.2 Å². The number of rotatable bonds is 7. The highest BCUT2D eigenvalue weighted by molar-refractivity contribution is 5.79. The lowest BCUT2D eigenvalue weighted by Gasteiger charge is -2.33. The summed E-state index contributed by atoms with van der Waals surface area (Å²) >= 11 is 0. The average Bonchev–Trinajstić information content (AvgIpc) is 3.31. The maximum Gasteiger partial charge on any atom is 0.223 e. The molecule has 7 nitrogen and oxygen atoms in total. The van der Waals surface area contributed by atoms with Crippen LogP contribution in [0.4, 0.5) is 5.82 Å². The predicted molar refractivity (Wildman–Crippen MR) is 147 cm³/mol. The van der Waals surface area contributed by atoms with Crippen molar-refractivity contribution in [3.63, 3.8) is 0 Å². The highest BCUT2D eigenvalue weighted by Gasteiger charge is 2.27. The fourth-order valence-electron chi connectivity index (χ4n) is 5.21. The molecule has 0 unspecified atom stereocenters. The first-order valence-electron chi connectivity index (χ1n) is 13.1. The van der Waals surface area contributed by atoms with E-state index in [4.69, 9.17) is 14.8 Å². The van der Waals surface area contributed by atoms with E-state index in [9.17, 15) is 4.79 Å². The number of nitrogens with zero attached hydrogens (tertiary/aromatic N) is 4. The zero-order chi connectivity index (χ0) is 25.9. The smallest absolute Gasteiger partial charge is 0.223 e. The summed E-state index contributed by atoms with van der Waals surface area (Å²) in [6, 6.07) is 18.5. The monoisotopic (exact) mass is 497 g/mol. The van der Waals surface area contributed by atoms with Gasteiger partial charge in [0.1, 0.15) is 11.6 Å². The lowest BCUT2D eigenvalue weighted by molar-refractivity contribution is -0.125. The van der Waals surface area contributed by atoms with E-state index in [2.05, 4.69) is 54.4 Å². The third kappa shape index (κ3) is 5.45. The van der Waals surface area contributed by atoms with Crippen LogP contribution in [0.2, 0.25) is 0 Å². The van der Waals surface area contributed by atoms with E-state index >= 15 is 0 Å². The Bertz CT molecular complexity index is 1400. The molecular weight excluding hydrogens is 462 g/mol. The van der Waals surface area contributed by atoms with Gasteiger partial charge in [0.15, 0.2) is 5.65 Å². The quantitative estimate of drug-likeness (QED) is 0.377. The molecule has 192 valence electrons. The van der Waals surface area contributed by atoms with Crippen LogP contribution in [0, 0.1) is 26.7 Å². The number of fused-ring (bicyclic) bond motifs is 1. The van der Waals surface area contributed by atoms with Gasteiger partial charge in [-0.2, -0.15) is 9.61 Å². The molecule has 0 atom stereocenters. The van der Waals surface area contributed by atoms with Crippen molar-refractivity contribution in [3.8, 4) is 17.0 Å². The molecule has 1 aliphatic heterocycles. The SMILES string of the molecule is CCOc1ccccc1CNC(=O)C1CCN(c2cc(C)nc3cc(-c4cc(C)cc(C)c4)nn23)CC1. The average molecular weight is 498 g/mol. The highest BCUT2D eigenvalue weighted by atomic mass is 16.5. The Labute approximate surface area is 218 Å². The molecule has 3 heterocycles. The summed E-state index contributed by atoms with van der Waals surface area (Å²) in [4.78, 5) is 20.0. The van der Waals surface area contributed by atoms with Gasteiger partial charge in [-0.05, 0) is 58.7 Å². The lowest BCUT2D eigenvalue weighted by atomic mass is 9.95. The number of carbonyl (C=O) groups is 1. The number of piperidine rings is 1. The minimum absolute atomic E-state index is 0.00242. The Kier molecular flexibility index (Phi) is 7.12. The molecule has 0 spiro atoms. The summed E-state index contributed by atoms with van der Waals surface area (Å²) in [7, 11) is 0. The Morgan fingerprint density at radius 1 is 1.03 bits per heavy atom. The van der Waals surface area contributed by atoms with Crippen LogP contribution in [0.1, 0.15) is 42.1 Å². The van der Waals surface area contributed by atoms with E-state index in [0.717, 1.165) is 65.7 Å². The number of anilines is 1. The molecule has 1 saturated heterocycles. The van der Waals surface area contributed by atoms with Crippen LogP contribution < -0.4 is 15.0 Å². The van der Waals surface area contributed by atoms with Crippen LogP contribution in [0.5, 0.6) is 5.75 Å². The molecule has 5 rings (SSSR count). The molecular formula is C30H35N5O2. The third-order valence-corrected chi connectivity index (χ3v) is 6.97. The molecule has 1 N–H and O–H groups in total. The van der Waals surface area contributed by atoms with Crippen molar-refractivity contribution >= 4 is 17.4 Å². The number of hydrogen-bond acceptors (Lipinski definition) is 5. The normalized spacial score (nSPS) is 14.2. The Balaban J connectivity index is 1.28. The van der Waals surface area contributed by atoms with E-state index in [-0.39, 0.29) is 11.8 Å². The Morgan fingerprint density at radius 3 is 2.49 bits per heavy atom. The summed E-state index contributed by atoms with van der Waals surface area (Å²) in [5.41, 5.74) is 7.28. The van der Waals surface area contributed by atoms with Gasteiger partial charge in [-0.1, -0.05) is 35.4 Å². The van der Waals surface area contributed by atoms with Gasteiger partial charge in [-0.15, -0.1) is 0 Å². The minimum atomic E-state index is -0.00242. The molecule has 37 heavy (non-hydrogen) atoms. The standard InChI is InChI=1S/C30H35N5O2/c1-5-37-27-9-7-6-8-24(27)19-31-30(36)23-10-12-34(13-11-23)29-17-22(4)32-28-18-26(33-35(28)29)25-15-20(2)14-21(3)16-25/h6-9,14-18,23H,5,10-13,19H2,1-4H3,(H,31,36). The number of ether oxygens (including phenoxy) is 1. The number of amides is 1. The summed E-state index contributed by atoms with van der Waals surface area (Å²) in [5.74, 6) is 1.97. The summed E-state index contributed by atoms with van der Waals surface area (Å²) in [6.45, 7) is 10.9. The lowest BCUT2D eigenvalue weighted by Crippen LogP contribution is -2.41. The van der Waals surface area contributed by atoms with E-state index in [1.54, 1.807) is 0 Å². The van der Waals surface area contributed by atoms with Crippen molar-refractivity contribution in [1.82, 2.24) is 19.9 Å². The number of nitrogens with one attached hydrogen (secondary N) is 1. The second-order valence-electron chi connectivity index (χ2n) is 9.95. The van der Waals surface area contributed by atoms with Crippen molar-refractivity contribution in [2.75, 3.05) is 24.6 Å². The summed E-state index contributed by atoms with van der Waals surface area (Å²) < 4.78 is 7.64. The topological polar surface area (TPSA) is 71.8 Å². The fourth-order valence-corrected chi connectivity index (χ4v) is 5.21. The molecule has 7 heteroatoms. The highest BCUT2D eigenvalue weighted by Crippen LogP contribution is 2.28.